The second kappa shape index (κ2) is 6.11. The first-order valence-corrected chi connectivity index (χ1v) is 6.64. The Morgan fingerprint density at radius 3 is 2.50 bits per heavy atom. The Bertz CT molecular complexity index is 433. The van der Waals surface area contributed by atoms with Gasteiger partial charge in [0.25, 0.3) is 0 Å². The SMILES string of the molecule is CC1COCCN1C(CN)c1ccc(C(F)(F)F)cc1. The van der Waals surface area contributed by atoms with Gasteiger partial charge in [-0.2, -0.15) is 13.2 Å². The normalized spacial score (nSPS) is 22.8. The van der Waals surface area contributed by atoms with Crippen LogP contribution >= 0.6 is 0 Å². The van der Waals surface area contributed by atoms with Gasteiger partial charge in [0.1, 0.15) is 0 Å². The minimum atomic E-state index is -4.30. The highest BCUT2D eigenvalue weighted by Crippen LogP contribution is 2.31. The summed E-state index contributed by atoms with van der Waals surface area (Å²) in [5.41, 5.74) is 6.00. The predicted octanol–water partition coefficient (Wildman–Crippen LogP) is 2.43. The summed E-state index contributed by atoms with van der Waals surface area (Å²) in [6, 6.07) is 5.40. The topological polar surface area (TPSA) is 38.5 Å². The van der Waals surface area contributed by atoms with Gasteiger partial charge in [0.05, 0.1) is 18.8 Å². The van der Waals surface area contributed by atoms with E-state index in [1.54, 1.807) is 0 Å². The van der Waals surface area contributed by atoms with Gasteiger partial charge in [0, 0.05) is 25.2 Å². The van der Waals surface area contributed by atoms with E-state index in [1.165, 1.54) is 12.1 Å². The van der Waals surface area contributed by atoms with Gasteiger partial charge < -0.3 is 10.5 Å². The van der Waals surface area contributed by atoms with E-state index in [2.05, 4.69) is 4.90 Å². The van der Waals surface area contributed by atoms with E-state index >= 15 is 0 Å². The summed E-state index contributed by atoms with van der Waals surface area (Å²) in [4.78, 5) is 2.19. The van der Waals surface area contributed by atoms with Crippen LogP contribution < -0.4 is 5.73 Å². The fourth-order valence-electron chi connectivity index (χ4n) is 2.56. The number of benzene rings is 1. The van der Waals surface area contributed by atoms with Crippen molar-refractivity contribution in [2.75, 3.05) is 26.3 Å². The van der Waals surface area contributed by atoms with Crippen molar-refractivity contribution in [1.82, 2.24) is 4.90 Å². The molecule has 0 spiro atoms. The molecule has 112 valence electrons. The van der Waals surface area contributed by atoms with E-state index in [-0.39, 0.29) is 12.1 Å². The zero-order chi connectivity index (χ0) is 14.8. The molecule has 0 aromatic heterocycles. The Morgan fingerprint density at radius 2 is 2.00 bits per heavy atom. The van der Waals surface area contributed by atoms with Crippen LogP contribution in [0.15, 0.2) is 24.3 Å². The lowest BCUT2D eigenvalue weighted by atomic mass is 10.0. The number of alkyl halides is 3. The standard InChI is InChI=1S/C14H19F3N2O/c1-10-9-20-7-6-19(10)13(8-18)11-2-4-12(5-3-11)14(15,16)17/h2-5,10,13H,6-9,18H2,1H3. The van der Waals surface area contributed by atoms with Crippen LogP contribution in [0.3, 0.4) is 0 Å². The van der Waals surface area contributed by atoms with Gasteiger partial charge in [0.15, 0.2) is 0 Å². The van der Waals surface area contributed by atoms with Crippen LogP contribution in [-0.4, -0.2) is 37.2 Å². The molecule has 2 N–H and O–H groups in total. The first-order valence-electron chi connectivity index (χ1n) is 6.64. The van der Waals surface area contributed by atoms with Gasteiger partial charge in [0.2, 0.25) is 0 Å². The number of hydrogen-bond acceptors (Lipinski definition) is 3. The molecule has 1 saturated heterocycles. The summed E-state index contributed by atoms with van der Waals surface area (Å²) in [7, 11) is 0. The average molecular weight is 288 g/mol. The highest BCUT2D eigenvalue weighted by Gasteiger charge is 2.31. The highest BCUT2D eigenvalue weighted by atomic mass is 19.4. The van der Waals surface area contributed by atoms with Crippen molar-refractivity contribution in [1.29, 1.82) is 0 Å². The molecule has 1 aromatic carbocycles. The number of hydrogen-bond donors (Lipinski definition) is 1. The maximum absolute atomic E-state index is 12.6. The van der Waals surface area contributed by atoms with Crippen molar-refractivity contribution in [3.8, 4) is 0 Å². The maximum atomic E-state index is 12.6. The molecule has 3 nitrogen and oxygen atoms in total. The van der Waals surface area contributed by atoms with Gasteiger partial charge in [-0.15, -0.1) is 0 Å². The molecule has 0 radical (unpaired) electrons. The van der Waals surface area contributed by atoms with Gasteiger partial charge >= 0.3 is 6.18 Å². The predicted molar refractivity (Wildman–Crippen MR) is 70.2 cm³/mol. The smallest absolute Gasteiger partial charge is 0.379 e. The zero-order valence-electron chi connectivity index (χ0n) is 11.4. The molecular formula is C14H19F3N2O. The summed E-state index contributed by atoms with van der Waals surface area (Å²) >= 11 is 0. The van der Waals surface area contributed by atoms with Gasteiger partial charge in [-0.3, -0.25) is 4.90 Å². The molecular weight excluding hydrogens is 269 g/mol. The van der Waals surface area contributed by atoms with Crippen molar-refractivity contribution in [2.45, 2.75) is 25.2 Å². The summed E-state index contributed by atoms with van der Waals surface area (Å²) in [5.74, 6) is 0. The number of nitrogens with two attached hydrogens (primary N) is 1. The van der Waals surface area contributed by atoms with E-state index < -0.39 is 11.7 Å². The fraction of sp³-hybridized carbons (Fsp3) is 0.571. The lowest BCUT2D eigenvalue weighted by molar-refractivity contribution is -0.137. The van der Waals surface area contributed by atoms with Crippen LogP contribution in [0.1, 0.15) is 24.1 Å². The second-order valence-corrected chi connectivity index (χ2v) is 5.03. The molecule has 0 saturated carbocycles. The Hall–Kier alpha value is -1.11. The summed E-state index contributed by atoms with van der Waals surface area (Å²) in [6.07, 6.45) is -4.30. The second-order valence-electron chi connectivity index (χ2n) is 5.03. The molecule has 1 aromatic rings. The van der Waals surface area contributed by atoms with Gasteiger partial charge in [-0.1, -0.05) is 12.1 Å². The Labute approximate surface area is 116 Å². The minimum Gasteiger partial charge on any atom is -0.379 e. The molecule has 20 heavy (non-hydrogen) atoms. The molecule has 2 atom stereocenters. The molecule has 1 aliphatic rings. The third-order valence-corrected chi connectivity index (χ3v) is 3.67. The molecule has 2 rings (SSSR count). The Morgan fingerprint density at radius 1 is 1.35 bits per heavy atom. The Kier molecular flexibility index (Phi) is 4.67. The average Bonchev–Trinajstić information content (AvgIpc) is 2.41. The van der Waals surface area contributed by atoms with Crippen molar-refractivity contribution in [2.24, 2.45) is 5.73 Å². The molecule has 0 bridgehead atoms. The van der Waals surface area contributed by atoms with E-state index in [0.29, 0.717) is 19.8 Å². The van der Waals surface area contributed by atoms with Crippen LogP contribution in [0, 0.1) is 0 Å². The molecule has 2 unspecified atom stereocenters. The zero-order valence-corrected chi connectivity index (χ0v) is 11.4. The maximum Gasteiger partial charge on any atom is 0.416 e. The number of rotatable bonds is 3. The molecule has 1 heterocycles. The lowest BCUT2D eigenvalue weighted by Crippen LogP contribution is -2.47. The molecule has 0 amide bonds. The third kappa shape index (κ3) is 3.31. The molecule has 1 aliphatic heterocycles. The van der Waals surface area contributed by atoms with Crippen LogP contribution in [0.5, 0.6) is 0 Å². The van der Waals surface area contributed by atoms with Crippen LogP contribution in [-0.2, 0) is 10.9 Å². The monoisotopic (exact) mass is 288 g/mol. The van der Waals surface area contributed by atoms with E-state index in [4.69, 9.17) is 10.5 Å². The van der Waals surface area contributed by atoms with E-state index in [9.17, 15) is 13.2 Å². The van der Waals surface area contributed by atoms with E-state index in [1.807, 2.05) is 6.92 Å². The number of halogens is 3. The number of ether oxygens (including phenoxy) is 1. The fourth-order valence-corrected chi connectivity index (χ4v) is 2.56. The summed E-state index contributed by atoms with van der Waals surface area (Å²) in [6.45, 7) is 4.39. The quantitative estimate of drug-likeness (QED) is 0.928. The van der Waals surface area contributed by atoms with E-state index in [0.717, 1.165) is 24.2 Å². The molecule has 0 aliphatic carbocycles. The van der Waals surface area contributed by atoms with Crippen molar-refractivity contribution >= 4 is 0 Å². The van der Waals surface area contributed by atoms with Crippen molar-refractivity contribution in [3.63, 3.8) is 0 Å². The molecule has 1 fully saturated rings. The highest BCUT2D eigenvalue weighted by molar-refractivity contribution is 5.27. The summed E-state index contributed by atoms with van der Waals surface area (Å²) < 4.78 is 43.1. The van der Waals surface area contributed by atoms with Gasteiger partial charge in [-0.25, -0.2) is 0 Å². The van der Waals surface area contributed by atoms with Crippen LogP contribution in [0.2, 0.25) is 0 Å². The minimum absolute atomic E-state index is 0.0730. The molecule has 6 heteroatoms. The van der Waals surface area contributed by atoms with Gasteiger partial charge in [-0.05, 0) is 24.6 Å². The first-order chi connectivity index (χ1) is 9.43. The number of morpholine rings is 1. The lowest BCUT2D eigenvalue weighted by Gasteiger charge is -2.39. The summed E-state index contributed by atoms with van der Waals surface area (Å²) in [5, 5.41) is 0. The largest absolute Gasteiger partial charge is 0.416 e. The third-order valence-electron chi connectivity index (χ3n) is 3.67. The van der Waals surface area contributed by atoms with Crippen molar-refractivity contribution < 1.29 is 17.9 Å². The van der Waals surface area contributed by atoms with Crippen molar-refractivity contribution in [3.05, 3.63) is 35.4 Å². The van der Waals surface area contributed by atoms with Crippen LogP contribution in [0.4, 0.5) is 13.2 Å². The van der Waals surface area contributed by atoms with Crippen LogP contribution in [0.25, 0.3) is 0 Å². The number of nitrogens with zero attached hydrogens (tertiary/aromatic N) is 1. The first kappa shape index (κ1) is 15.3. The Balaban J connectivity index is 2.19.